The highest BCUT2D eigenvalue weighted by molar-refractivity contribution is 6.30. The molecule has 1 saturated heterocycles. The number of ether oxygens (including phenoxy) is 1. The van der Waals surface area contributed by atoms with E-state index in [2.05, 4.69) is 11.0 Å². The predicted octanol–water partition coefficient (Wildman–Crippen LogP) is 5.28. The van der Waals surface area contributed by atoms with Crippen LogP contribution in [-0.2, 0) is 11.4 Å². The third kappa shape index (κ3) is 5.89. The minimum absolute atomic E-state index is 0.0372. The molecule has 0 radical (unpaired) electrons. The molecule has 1 fully saturated rings. The first-order valence-corrected chi connectivity index (χ1v) is 10.8. The van der Waals surface area contributed by atoms with Gasteiger partial charge in [-0.2, -0.15) is 0 Å². The zero-order valence-corrected chi connectivity index (χ0v) is 18.0. The largest absolute Gasteiger partial charge is 0.489 e. The van der Waals surface area contributed by atoms with Gasteiger partial charge in [0, 0.05) is 43.0 Å². The smallest absolute Gasteiger partial charge is 0.246 e. The minimum atomic E-state index is 0.0372. The van der Waals surface area contributed by atoms with Crippen LogP contribution in [0.1, 0.15) is 11.1 Å². The van der Waals surface area contributed by atoms with E-state index in [4.69, 9.17) is 16.3 Å². The number of halogens is 1. The monoisotopic (exact) mass is 432 g/mol. The number of piperazine rings is 1. The summed E-state index contributed by atoms with van der Waals surface area (Å²) in [5.74, 6) is 0.847. The number of benzene rings is 3. The van der Waals surface area contributed by atoms with Crippen LogP contribution in [0.15, 0.2) is 84.9 Å². The number of hydrogen-bond acceptors (Lipinski definition) is 3. The molecule has 0 aromatic heterocycles. The Balaban J connectivity index is 1.26. The zero-order valence-electron chi connectivity index (χ0n) is 17.3. The predicted molar refractivity (Wildman–Crippen MR) is 126 cm³/mol. The fraction of sp³-hybridized carbons (Fsp3) is 0.192. The van der Waals surface area contributed by atoms with E-state index in [9.17, 15) is 4.79 Å². The van der Waals surface area contributed by atoms with E-state index >= 15 is 0 Å². The molecule has 1 aliphatic rings. The third-order valence-corrected chi connectivity index (χ3v) is 5.55. The molecule has 0 bridgehead atoms. The lowest BCUT2D eigenvalue weighted by atomic mass is 10.2. The standard InChI is InChI=1S/C26H25ClN2O2/c27-23-7-4-8-24(19-23)28-15-17-29(18-16-28)26(30)14-11-21-9-12-25(13-10-21)31-20-22-5-2-1-3-6-22/h1-14,19H,15-18,20H2/b14-11+. The molecule has 3 aromatic rings. The Morgan fingerprint density at radius 3 is 2.35 bits per heavy atom. The van der Waals surface area contributed by atoms with Crippen molar-refractivity contribution >= 4 is 29.3 Å². The van der Waals surface area contributed by atoms with Crippen molar-refractivity contribution in [1.82, 2.24) is 4.90 Å². The van der Waals surface area contributed by atoms with E-state index < -0.39 is 0 Å². The molecule has 5 heteroatoms. The van der Waals surface area contributed by atoms with Crippen molar-refractivity contribution in [3.05, 3.63) is 101 Å². The first-order chi connectivity index (χ1) is 15.2. The number of rotatable bonds is 6. The van der Waals surface area contributed by atoms with E-state index in [1.807, 2.05) is 83.8 Å². The summed E-state index contributed by atoms with van der Waals surface area (Å²) in [6.45, 7) is 3.53. The van der Waals surface area contributed by atoms with Gasteiger partial charge in [0.1, 0.15) is 12.4 Å². The molecule has 1 amide bonds. The lowest BCUT2D eigenvalue weighted by Gasteiger charge is -2.35. The SMILES string of the molecule is O=C(/C=C/c1ccc(OCc2ccccc2)cc1)N1CCN(c2cccc(Cl)c2)CC1. The first kappa shape index (κ1) is 21.0. The van der Waals surface area contributed by atoms with Gasteiger partial charge in [0.05, 0.1) is 0 Å². The number of anilines is 1. The van der Waals surface area contributed by atoms with Crippen molar-refractivity contribution < 1.29 is 9.53 Å². The average molecular weight is 433 g/mol. The Morgan fingerprint density at radius 2 is 1.65 bits per heavy atom. The Labute approximate surface area is 188 Å². The fourth-order valence-corrected chi connectivity index (χ4v) is 3.73. The summed E-state index contributed by atoms with van der Waals surface area (Å²) in [6, 6.07) is 25.7. The van der Waals surface area contributed by atoms with Gasteiger partial charge >= 0.3 is 0 Å². The Kier molecular flexibility index (Phi) is 6.90. The molecule has 3 aromatic carbocycles. The second-order valence-electron chi connectivity index (χ2n) is 7.47. The van der Waals surface area contributed by atoms with Gasteiger partial charge in [-0.25, -0.2) is 0 Å². The van der Waals surface area contributed by atoms with Crippen molar-refractivity contribution in [2.75, 3.05) is 31.1 Å². The molecular formula is C26H25ClN2O2. The molecule has 0 N–H and O–H groups in total. The highest BCUT2D eigenvalue weighted by Crippen LogP contribution is 2.21. The highest BCUT2D eigenvalue weighted by atomic mass is 35.5. The van der Waals surface area contributed by atoms with E-state index in [1.165, 1.54) is 0 Å². The van der Waals surface area contributed by atoms with E-state index in [-0.39, 0.29) is 5.91 Å². The summed E-state index contributed by atoms with van der Waals surface area (Å²) in [4.78, 5) is 16.7. The van der Waals surface area contributed by atoms with E-state index in [1.54, 1.807) is 6.08 Å². The van der Waals surface area contributed by atoms with Crippen molar-refractivity contribution in [1.29, 1.82) is 0 Å². The third-order valence-electron chi connectivity index (χ3n) is 5.31. The topological polar surface area (TPSA) is 32.8 Å². The number of hydrogen-bond donors (Lipinski definition) is 0. The summed E-state index contributed by atoms with van der Waals surface area (Å²) < 4.78 is 5.81. The first-order valence-electron chi connectivity index (χ1n) is 10.4. The quantitative estimate of drug-likeness (QED) is 0.497. The van der Waals surface area contributed by atoms with Gasteiger partial charge in [-0.15, -0.1) is 0 Å². The van der Waals surface area contributed by atoms with Crippen LogP contribution in [0.2, 0.25) is 5.02 Å². The van der Waals surface area contributed by atoms with E-state index in [0.29, 0.717) is 19.7 Å². The molecular weight excluding hydrogens is 408 g/mol. The van der Waals surface area contributed by atoms with Gasteiger partial charge in [-0.1, -0.05) is 60.1 Å². The minimum Gasteiger partial charge on any atom is -0.489 e. The molecule has 158 valence electrons. The summed E-state index contributed by atoms with van der Waals surface area (Å²) in [6.07, 6.45) is 3.50. The molecule has 1 aliphatic heterocycles. The van der Waals surface area contributed by atoms with Gasteiger partial charge < -0.3 is 14.5 Å². The Hall–Kier alpha value is -3.24. The van der Waals surface area contributed by atoms with Gasteiger partial charge in [-0.05, 0) is 47.5 Å². The highest BCUT2D eigenvalue weighted by Gasteiger charge is 2.19. The van der Waals surface area contributed by atoms with Crippen LogP contribution < -0.4 is 9.64 Å². The van der Waals surface area contributed by atoms with Crippen LogP contribution >= 0.6 is 11.6 Å². The maximum atomic E-state index is 12.6. The number of nitrogens with zero attached hydrogens (tertiary/aromatic N) is 2. The summed E-state index contributed by atoms with van der Waals surface area (Å²) in [5, 5.41) is 0.732. The van der Waals surface area contributed by atoms with Crippen molar-refractivity contribution in [3.63, 3.8) is 0 Å². The molecule has 4 nitrogen and oxygen atoms in total. The van der Waals surface area contributed by atoms with Crippen LogP contribution in [0.4, 0.5) is 5.69 Å². The van der Waals surface area contributed by atoms with Crippen molar-refractivity contribution in [3.8, 4) is 5.75 Å². The average Bonchev–Trinajstić information content (AvgIpc) is 2.82. The zero-order chi connectivity index (χ0) is 21.5. The number of carbonyl (C=O) groups excluding carboxylic acids is 1. The van der Waals surface area contributed by atoms with Crippen LogP contribution in [0.3, 0.4) is 0 Å². The van der Waals surface area contributed by atoms with Crippen molar-refractivity contribution in [2.24, 2.45) is 0 Å². The molecule has 0 spiro atoms. The fourth-order valence-electron chi connectivity index (χ4n) is 3.55. The van der Waals surface area contributed by atoms with Gasteiger partial charge in [0.15, 0.2) is 0 Å². The van der Waals surface area contributed by atoms with E-state index in [0.717, 1.165) is 40.7 Å². The molecule has 0 atom stereocenters. The Morgan fingerprint density at radius 1 is 0.903 bits per heavy atom. The molecule has 4 rings (SSSR count). The lowest BCUT2D eigenvalue weighted by molar-refractivity contribution is -0.126. The summed E-state index contributed by atoms with van der Waals surface area (Å²) >= 11 is 6.09. The number of carbonyl (C=O) groups is 1. The summed E-state index contributed by atoms with van der Waals surface area (Å²) in [7, 11) is 0. The summed E-state index contributed by atoms with van der Waals surface area (Å²) in [5.41, 5.74) is 3.20. The second kappa shape index (κ2) is 10.2. The maximum Gasteiger partial charge on any atom is 0.246 e. The van der Waals surface area contributed by atoms with Crippen LogP contribution in [-0.4, -0.2) is 37.0 Å². The molecule has 31 heavy (non-hydrogen) atoms. The normalized spacial score (nSPS) is 14.1. The molecule has 1 heterocycles. The molecule has 0 unspecified atom stereocenters. The van der Waals surface area contributed by atoms with Crippen LogP contribution in [0.25, 0.3) is 6.08 Å². The lowest BCUT2D eigenvalue weighted by Crippen LogP contribution is -2.48. The van der Waals surface area contributed by atoms with Crippen LogP contribution in [0.5, 0.6) is 5.75 Å². The number of amides is 1. The van der Waals surface area contributed by atoms with Gasteiger partial charge in [0.2, 0.25) is 5.91 Å². The second-order valence-corrected chi connectivity index (χ2v) is 7.91. The molecule has 0 saturated carbocycles. The van der Waals surface area contributed by atoms with Gasteiger partial charge in [0.25, 0.3) is 0 Å². The maximum absolute atomic E-state index is 12.6. The molecule has 0 aliphatic carbocycles. The Bertz CT molecular complexity index is 1030. The van der Waals surface area contributed by atoms with Gasteiger partial charge in [-0.3, -0.25) is 4.79 Å². The van der Waals surface area contributed by atoms with Crippen LogP contribution in [0, 0.1) is 0 Å². The van der Waals surface area contributed by atoms with Crippen molar-refractivity contribution in [2.45, 2.75) is 6.61 Å².